The fourth-order valence-corrected chi connectivity index (χ4v) is 3.77. The zero-order valence-electron chi connectivity index (χ0n) is 15.0. The molecule has 0 radical (unpaired) electrons. The maximum Gasteiger partial charge on any atom is 0.191 e. The van der Waals surface area contributed by atoms with Crippen molar-refractivity contribution in [1.29, 1.82) is 0 Å². The van der Waals surface area contributed by atoms with E-state index in [4.69, 9.17) is 0 Å². The van der Waals surface area contributed by atoms with Crippen molar-refractivity contribution in [1.82, 2.24) is 10.6 Å². The van der Waals surface area contributed by atoms with Crippen molar-refractivity contribution in [2.45, 2.75) is 30.8 Å². The highest BCUT2D eigenvalue weighted by Crippen LogP contribution is 2.41. The predicted molar refractivity (Wildman–Crippen MR) is 104 cm³/mol. The highest BCUT2D eigenvalue weighted by Gasteiger charge is 2.40. The number of aliphatic imine (C=N–C) groups is 1. The fourth-order valence-electron chi connectivity index (χ4n) is 3.77. The molecule has 1 aliphatic carbocycles. The summed E-state index contributed by atoms with van der Waals surface area (Å²) in [5.41, 5.74) is 2.07. The van der Waals surface area contributed by atoms with Gasteiger partial charge >= 0.3 is 0 Å². The molecule has 3 atom stereocenters. The van der Waals surface area contributed by atoms with Gasteiger partial charge in [-0.3, -0.25) is 4.99 Å². The van der Waals surface area contributed by atoms with Crippen molar-refractivity contribution in [3.8, 4) is 0 Å². The highest BCUT2D eigenvalue weighted by atomic mass is 19.1. The molecule has 2 aromatic rings. The summed E-state index contributed by atoms with van der Waals surface area (Å²) in [6.07, 6.45) is 2.03. The van der Waals surface area contributed by atoms with E-state index in [-0.39, 0.29) is 17.8 Å². The lowest BCUT2D eigenvalue weighted by Gasteiger charge is -2.20. The van der Waals surface area contributed by atoms with Crippen LogP contribution in [0.3, 0.4) is 0 Å². The van der Waals surface area contributed by atoms with Crippen molar-refractivity contribution in [3.63, 3.8) is 0 Å². The number of hydrogen-bond acceptors (Lipinski definition) is 2. The molecule has 0 amide bonds. The summed E-state index contributed by atoms with van der Waals surface area (Å²) < 4.78 is 13.9. The van der Waals surface area contributed by atoms with Gasteiger partial charge in [0.2, 0.25) is 0 Å². The number of anilines is 1. The van der Waals surface area contributed by atoms with Gasteiger partial charge in [-0.2, -0.15) is 0 Å². The van der Waals surface area contributed by atoms with E-state index in [2.05, 4.69) is 44.8 Å². The summed E-state index contributed by atoms with van der Waals surface area (Å²) in [5.74, 6) is 0.937. The topological polar surface area (TPSA) is 39.7 Å². The van der Waals surface area contributed by atoms with Crippen LogP contribution in [0.1, 0.15) is 24.3 Å². The van der Waals surface area contributed by atoms with E-state index in [0.29, 0.717) is 6.04 Å². The molecule has 2 aromatic carbocycles. The lowest BCUT2D eigenvalue weighted by Crippen LogP contribution is -2.45. The second-order valence-corrected chi connectivity index (χ2v) is 7.10. The zero-order valence-corrected chi connectivity index (χ0v) is 15.0. The molecule has 0 bridgehead atoms. The minimum Gasteiger partial charge on any atom is -0.369 e. The zero-order chi connectivity index (χ0) is 17.9. The largest absolute Gasteiger partial charge is 0.369 e. The first kappa shape index (κ1) is 16.9. The van der Waals surface area contributed by atoms with Crippen LogP contribution >= 0.6 is 0 Å². The van der Waals surface area contributed by atoms with Gasteiger partial charge in [-0.05, 0) is 36.6 Å². The summed E-state index contributed by atoms with van der Waals surface area (Å²) in [4.78, 5) is 6.76. The lowest BCUT2D eigenvalue weighted by atomic mass is 10.1. The number of para-hydroxylation sites is 1. The molecular weight excluding hydrogens is 327 g/mol. The van der Waals surface area contributed by atoms with Gasteiger partial charge in [0.15, 0.2) is 5.96 Å². The highest BCUT2D eigenvalue weighted by molar-refractivity contribution is 5.81. The third kappa shape index (κ3) is 3.66. The van der Waals surface area contributed by atoms with Gasteiger partial charge in [-0.1, -0.05) is 36.4 Å². The molecule has 0 aromatic heterocycles. The van der Waals surface area contributed by atoms with Gasteiger partial charge in [0.1, 0.15) is 5.82 Å². The van der Waals surface area contributed by atoms with Crippen LogP contribution in [0, 0.1) is 5.82 Å². The van der Waals surface area contributed by atoms with Crippen LogP contribution in [-0.4, -0.2) is 38.2 Å². The average Bonchev–Trinajstić information content (AvgIpc) is 3.27. The van der Waals surface area contributed by atoms with E-state index in [1.807, 2.05) is 18.2 Å². The van der Waals surface area contributed by atoms with Crippen LogP contribution in [0.5, 0.6) is 0 Å². The molecule has 5 heteroatoms. The Hall–Kier alpha value is -2.56. The third-order valence-electron chi connectivity index (χ3n) is 5.29. The molecule has 1 aliphatic heterocycles. The van der Waals surface area contributed by atoms with Gasteiger partial charge in [-0.15, -0.1) is 0 Å². The van der Waals surface area contributed by atoms with Gasteiger partial charge < -0.3 is 15.5 Å². The number of nitrogens with zero attached hydrogens (tertiary/aromatic N) is 2. The van der Waals surface area contributed by atoms with Gasteiger partial charge in [0.05, 0.1) is 0 Å². The Bertz CT molecular complexity index is 777. The summed E-state index contributed by atoms with van der Waals surface area (Å²) in [6, 6.07) is 18.2. The first-order valence-corrected chi connectivity index (χ1v) is 9.29. The Morgan fingerprint density at radius 3 is 2.62 bits per heavy atom. The molecule has 1 saturated heterocycles. The second kappa shape index (κ2) is 7.36. The summed E-state index contributed by atoms with van der Waals surface area (Å²) in [5, 5.41) is 6.98. The van der Waals surface area contributed by atoms with Gasteiger partial charge in [0, 0.05) is 43.8 Å². The van der Waals surface area contributed by atoms with Gasteiger partial charge in [0.25, 0.3) is 0 Å². The molecule has 0 spiro atoms. The number of nitrogens with one attached hydrogen (secondary N) is 2. The number of hydrogen-bond donors (Lipinski definition) is 2. The normalized spacial score (nSPS) is 25.2. The van der Waals surface area contributed by atoms with Crippen molar-refractivity contribution in [2.24, 2.45) is 4.99 Å². The SMILES string of the molecule is CN=C(NC1CCN(c2ccccc2)C1)NC1CC1c1ccccc1F. The van der Waals surface area contributed by atoms with Crippen molar-refractivity contribution >= 4 is 11.6 Å². The Kier molecular flexibility index (Phi) is 4.78. The fraction of sp³-hybridized carbons (Fsp3) is 0.381. The molecule has 3 unspecified atom stereocenters. The molecule has 4 rings (SSSR count). The Labute approximate surface area is 154 Å². The van der Waals surface area contributed by atoms with E-state index in [1.54, 1.807) is 13.1 Å². The lowest BCUT2D eigenvalue weighted by molar-refractivity contribution is 0.606. The summed E-state index contributed by atoms with van der Waals surface area (Å²) in [6.45, 7) is 2.01. The first-order chi connectivity index (χ1) is 12.7. The van der Waals surface area contributed by atoms with Crippen LogP contribution in [0.25, 0.3) is 0 Å². The molecule has 1 saturated carbocycles. The molecular formula is C21H25FN4. The molecule has 2 N–H and O–H groups in total. The summed E-state index contributed by atoms with van der Waals surface area (Å²) >= 11 is 0. The molecule has 4 nitrogen and oxygen atoms in total. The average molecular weight is 352 g/mol. The minimum atomic E-state index is -0.112. The van der Waals surface area contributed by atoms with Crippen molar-refractivity contribution in [2.75, 3.05) is 25.0 Å². The van der Waals surface area contributed by atoms with E-state index in [0.717, 1.165) is 37.5 Å². The predicted octanol–water partition coefficient (Wildman–Crippen LogP) is 3.13. The molecule has 2 fully saturated rings. The minimum absolute atomic E-state index is 0.112. The van der Waals surface area contributed by atoms with Crippen LogP contribution < -0.4 is 15.5 Å². The van der Waals surface area contributed by atoms with E-state index >= 15 is 0 Å². The van der Waals surface area contributed by atoms with Crippen LogP contribution in [0.2, 0.25) is 0 Å². The summed E-state index contributed by atoms with van der Waals surface area (Å²) in [7, 11) is 1.79. The molecule has 136 valence electrons. The number of rotatable bonds is 4. The second-order valence-electron chi connectivity index (χ2n) is 7.10. The standard InChI is InChI=1S/C21H25FN4/c1-23-21(25-20-13-18(20)17-9-5-6-10-19(17)22)24-15-11-12-26(14-15)16-7-3-2-4-8-16/h2-10,15,18,20H,11-14H2,1H3,(H2,23,24,25). The maximum atomic E-state index is 13.9. The Morgan fingerprint density at radius 2 is 1.85 bits per heavy atom. The quantitative estimate of drug-likeness (QED) is 0.656. The van der Waals surface area contributed by atoms with Crippen LogP contribution in [0.15, 0.2) is 59.6 Å². The Morgan fingerprint density at radius 1 is 1.08 bits per heavy atom. The van der Waals surface area contributed by atoms with Gasteiger partial charge in [-0.25, -0.2) is 4.39 Å². The van der Waals surface area contributed by atoms with Crippen molar-refractivity contribution in [3.05, 3.63) is 66.0 Å². The number of halogens is 1. The van der Waals surface area contributed by atoms with Crippen LogP contribution in [-0.2, 0) is 0 Å². The monoisotopic (exact) mass is 352 g/mol. The molecule has 1 heterocycles. The van der Waals surface area contributed by atoms with Crippen molar-refractivity contribution < 1.29 is 4.39 Å². The van der Waals surface area contributed by atoms with E-state index in [1.165, 1.54) is 11.8 Å². The number of benzene rings is 2. The van der Waals surface area contributed by atoms with E-state index < -0.39 is 0 Å². The third-order valence-corrected chi connectivity index (χ3v) is 5.29. The molecule has 2 aliphatic rings. The van der Waals surface area contributed by atoms with Crippen LogP contribution in [0.4, 0.5) is 10.1 Å². The maximum absolute atomic E-state index is 13.9. The first-order valence-electron chi connectivity index (χ1n) is 9.29. The molecule has 26 heavy (non-hydrogen) atoms. The smallest absolute Gasteiger partial charge is 0.191 e. The number of guanidine groups is 1. The van der Waals surface area contributed by atoms with E-state index in [9.17, 15) is 4.39 Å². The Balaban J connectivity index is 1.30.